The van der Waals surface area contributed by atoms with Crippen LogP contribution in [0, 0.1) is 5.82 Å². The Balaban J connectivity index is 1.76. The predicted molar refractivity (Wildman–Crippen MR) is 92.0 cm³/mol. The summed E-state index contributed by atoms with van der Waals surface area (Å²) in [4.78, 5) is 21.7. The van der Waals surface area contributed by atoms with Gasteiger partial charge in [0.15, 0.2) is 17.2 Å². The minimum absolute atomic E-state index is 0.0550. The van der Waals surface area contributed by atoms with E-state index in [0.29, 0.717) is 22.4 Å². The minimum Gasteiger partial charge on any atom is -0.408 e. The highest BCUT2D eigenvalue weighted by Crippen LogP contribution is 2.28. The SMILES string of the molecule is Nc1nc(Nc2ccc3oc(=O)[nH]c3c2)c(F)c(-c2ccccc2)n1. The number of nitrogen functional groups attached to an aromatic ring is 1. The fourth-order valence-corrected chi connectivity index (χ4v) is 2.50. The summed E-state index contributed by atoms with van der Waals surface area (Å²) in [6.45, 7) is 0. The largest absolute Gasteiger partial charge is 0.417 e. The smallest absolute Gasteiger partial charge is 0.408 e. The van der Waals surface area contributed by atoms with Crippen LogP contribution in [-0.4, -0.2) is 15.0 Å². The molecule has 2 aromatic carbocycles. The highest BCUT2D eigenvalue weighted by molar-refractivity contribution is 5.78. The Kier molecular flexibility index (Phi) is 3.42. The van der Waals surface area contributed by atoms with Gasteiger partial charge in [-0.25, -0.2) is 14.2 Å². The van der Waals surface area contributed by atoms with E-state index in [4.69, 9.17) is 10.2 Å². The van der Waals surface area contributed by atoms with Crippen molar-refractivity contribution >= 4 is 28.6 Å². The first-order chi connectivity index (χ1) is 12.1. The second-order valence-corrected chi connectivity index (χ2v) is 5.31. The number of benzene rings is 2. The van der Waals surface area contributed by atoms with Gasteiger partial charge in [-0.1, -0.05) is 30.3 Å². The van der Waals surface area contributed by atoms with E-state index in [1.165, 1.54) is 0 Å². The monoisotopic (exact) mass is 337 g/mol. The van der Waals surface area contributed by atoms with Gasteiger partial charge in [-0.2, -0.15) is 4.98 Å². The number of nitrogens with one attached hydrogen (secondary N) is 2. The van der Waals surface area contributed by atoms with Crippen LogP contribution in [0.1, 0.15) is 0 Å². The second kappa shape index (κ2) is 5.75. The molecule has 7 nitrogen and oxygen atoms in total. The first-order valence-electron chi connectivity index (χ1n) is 7.38. The highest BCUT2D eigenvalue weighted by atomic mass is 19.1. The molecule has 0 saturated carbocycles. The van der Waals surface area contributed by atoms with E-state index in [2.05, 4.69) is 20.3 Å². The van der Waals surface area contributed by atoms with Crippen LogP contribution in [-0.2, 0) is 0 Å². The number of fused-ring (bicyclic) bond motifs is 1. The molecule has 8 heteroatoms. The number of anilines is 3. The summed E-state index contributed by atoms with van der Waals surface area (Å²) in [6.07, 6.45) is 0. The topological polar surface area (TPSA) is 110 Å². The Hall–Kier alpha value is -3.68. The van der Waals surface area contributed by atoms with E-state index < -0.39 is 11.6 Å². The average molecular weight is 337 g/mol. The molecule has 4 rings (SSSR count). The lowest BCUT2D eigenvalue weighted by Gasteiger charge is -2.10. The van der Waals surface area contributed by atoms with Gasteiger partial charge in [-0.3, -0.25) is 4.98 Å². The number of oxazole rings is 1. The molecule has 0 atom stereocenters. The van der Waals surface area contributed by atoms with Crippen molar-refractivity contribution in [1.29, 1.82) is 0 Å². The normalized spacial score (nSPS) is 10.9. The summed E-state index contributed by atoms with van der Waals surface area (Å²) in [5.74, 6) is -1.30. The Bertz CT molecular complexity index is 1120. The maximum Gasteiger partial charge on any atom is 0.417 e. The van der Waals surface area contributed by atoms with Crippen molar-refractivity contribution in [2.24, 2.45) is 0 Å². The number of rotatable bonds is 3. The molecule has 0 bridgehead atoms. The number of halogens is 1. The summed E-state index contributed by atoms with van der Waals surface area (Å²) in [7, 11) is 0. The van der Waals surface area contributed by atoms with Crippen LogP contribution in [0.4, 0.5) is 21.8 Å². The number of hydrogen-bond donors (Lipinski definition) is 3. The quantitative estimate of drug-likeness (QED) is 0.530. The summed E-state index contributed by atoms with van der Waals surface area (Å²) in [5, 5.41) is 2.85. The highest BCUT2D eigenvalue weighted by Gasteiger charge is 2.15. The lowest BCUT2D eigenvalue weighted by molar-refractivity contribution is 0.555. The van der Waals surface area contributed by atoms with Gasteiger partial charge in [0, 0.05) is 11.3 Å². The standard InChI is InChI=1S/C17H12FN5O2/c18-13-14(9-4-2-1-3-5-9)22-16(19)23-15(13)20-10-6-7-12-11(8-10)21-17(24)25-12/h1-8H,(H,21,24)(H3,19,20,22,23). The third kappa shape index (κ3) is 2.80. The molecule has 0 unspecified atom stereocenters. The van der Waals surface area contributed by atoms with Gasteiger partial charge in [0.1, 0.15) is 5.69 Å². The number of aromatic amines is 1. The van der Waals surface area contributed by atoms with Gasteiger partial charge in [0.25, 0.3) is 0 Å². The van der Waals surface area contributed by atoms with E-state index >= 15 is 0 Å². The van der Waals surface area contributed by atoms with Gasteiger partial charge >= 0.3 is 5.76 Å². The average Bonchev–Trinajstić information content (AvgIpc) is 2.98. The molecule has 124 valence electrons. The minimum atomic E-state index is -0.624. The molecule has 2 aromatic heterocycles. The molecule has 0 saturated heterocycles. The molecule has 0 amide bonds. The number of H-pyrrole nitrogens is 1. The molecule has 2 heterocycles. The fraction of sp³-hybridized carbons (Fsp3) is 0. The van der Waals surface area contributed by atoms with E-state index in [1.54, 1.807) is 42.5 Å². The van der Waals surface area contributed by atoms with Crippen molar-refractivity contribution in [3.63, 3.8) is 0 Å². The van der Waals surface area contributed by atoms with Crippen LogP contribution in [0.15, 0.2) is 57.7 Å². The molecular weight excluding hydrogens is 325 g/mol. The molecule has 4 N–H and O–H groups in total. The lowest BCUT2D eigenvalue weighted by atomic mass is 10.1. The molecular formula is C17H12FN5O2. The zero-order valence-corrected chi connectivity index (χ0v) is 12.8. The van der Waals surface area contributed by atoms with Crippen LogP contribution in [0.2, 0.25) is 0 Å². The van der Waals surface area contributed by atoms with Crippen molar-refractivity contribution in [2.45, 2.75) is 0 Å². The zero-order valence-electron chi connectivity index (χ0n) is 12.8. The molecule has 0 aliphatic rings. The van der Waals surface area contributed by atoms with Crippen molar-refractivity contribution in [3.05, 3.63) is 64.9 Å². The van der Waals surface area contributed by atoms with Gasteiger partial charge in [0.2, 0.25) is 5.95 Å². The second-order valence-electron chi connectivity index (χ2n) is 5.31. The van der Waals surface area contributed by atoms with Gasteiger partial charge in [0.05, 0.1) is 5.52 Å². The summed E-state index contributed by atoms with van der Waals surface area (Å²) >= 11 is 0. The van der Waals surface area contributed by atoms with Crippen molar-refractivity contribution < 1.29 is 8.81 Å². The molecule has 0 aliphatic carbocycles. The molecule has 4 aromatic rings. The maximum atomic E-state index is 14.8. The number of aromatic nitrogens is 3. The third-order valence-electron chi connectivity index (χ3n) is 3.60. The van der Waals surface area contributed by atoms with Crippen LogP contribution < -0.4 is 16.8 Å². The number of nitrogens with zero attached hydrogens (tertiary/aromatic N) is 2. The van der Waals surface area contributed by atoms with Gasteiger partial charge in [-0.15, -0.1) is 0 Å². The Labute approximate surface area is 140 Å². The molecule has 0 radical (unpaired) electrons. The molecule has 25 heavy (non-hydrogen) atoms. The summed E-state index contributed by atoms with van der Waals surface area (Å²) < 4.78 is 19.8. The zero-order chi connectivity index (χ0) is 17.4. The van der Waals surface area contributed by atoms with Crippen LogP contribution in [0.25, 0.3) is 22.4 Å². The van der Waals surface area contributed by atoms with Crippen molar-refractivity contribution in [3.8, 4) is 11.3 Å². The Morgan fingerprint density at radius 2 is 1.92 bits per heavy atom. The summed E-state index contributed by atoms with van der Waals surface area (Å²) in [6, 6.07) is 13.7. The maximum absolute atomic E-state index is 14.8. The lowest BCUT2D eigenvalue weighted by Crippen LogP contribution is -2.05. The van der Waals surface area contributed by atoms with Crippen molar-refractivity contribution in [2.75, 3.05) is 11.1 Å². The van der Waals surface area contributed by atoms with E-state index in [-0.39, 0.29) is 17.5 Å². The van der Waals surface area contributed by atoms with Crippen LogP contribution in [0.3, 0.4) is 0 Å². The molecule has 0 aliphatic heterocycles. The van der Waals surface area contributed by atoms with Crippen LogP contribution in [0.5, 0.6) is 0 Å². The van der Waals surface area contributed by atoms with E-state index in [9.17, 15) is 9.18 Å². The Morgan fingerprint density at radius 3 is 2.72 bits per heavy atom. The number of nitrogens with two attached hydrogens (primary N) is 1. The van der Waals surface area contributed by atoms with Gasteiger partial charge in [-0.05, 0) is 18.2 Å². The van der Waals surface area contributed by atoms with Crippen LogP contribution >= 0.6 is 0 Å². The summed E-state index contributed by atoms with van der Waals surface area (Å²) in [5.41, 5.74) is 7.82. The number of hydrogen-bond acceptors (Lipinski definition) is 6. The van der Waals surface area contributed by atoms with E-state index in [0.717, 1.165) is 0 Å². The van der Waals surface area contributed by atoms with Crippen molar-refractivity contribution in [1.82, 2.24) is 15.0 Å². The molecule has 0 spiro atoms. The Morgan fingerprint density at radius 1 is 1.12 bits per heavy atom. The first kappa shape index (κ1) is 14.9. The molecule has 0 fully saturated rings. The fourth-order valence-electron chi connectivity index (χ4n) is 2.50. The van der Waals surface area contributed by atoms with E-state index in [1.807, 2.05) is 6.07 Å². The third-order valence-corrected chi connectivity index (χ3v) is 3.60. The van der Waals surface area contributed by atoms with Gasteiger partial charge < -0.3 is 15.5 Å². The first-order valence-corrected chi connectivity index (χ1v) is 7.38. The predicted octanol–water partition coefficient (Wildman–Crippen LogP) is 3.04.